The molecule has 2 fully saturated rings. The maximum absolute atomic E-state index is 12.4. The van der Waals surface area contributed by atoms with Crippen molar-refractivity contribution in [2.45, 2.75) is 24.8 Å². The normalized spacial score (nSPS) is 22.5. The maximum atomic E-state index is 12.4. The number of likely N-dealkylation sites (tertiary alicyclic amines) is 1. The first-order valence-corrected chi connectivity index (χ1v) is 8.52. The standard InChI is InChI=1S/C16H20N2O3S/c1-21-13-4-2-3-12(9-13)11-5-7-18(8-6-11)15(19)14-10-22-16(20)17-14/h2-4,9,11,14H,5-8,10H2,1H3,(H,17,20). The number of amides is 2. The van der Waals surface area contributed by atoms with E-state index in [9.17, 15) is 9.59 Å². The first kappa shape index (κ1) is 15.2. The molecule has 0 spiro atoms. The molecule has 1 atom stereocenters. The summed E-state index contributed by atoms with van der Waals surface area (Å²) in [4.78, 5) is 25.5. The number of hydrogen-bond donors (Lipinski definition) is 1. The quantitative estimate of drug-likeness (QED) is 0.928. The number of benzene rings is 1. The Morgan fingerprint density at radius 3 is 2.77 bits per heavy atom. The van der Waals surface area contributed by atoms with Gasteiger partial charge < -0.3 is 15.0 Å². The number of methoxy groups -OCH3 is 1. The zero-order valence-corrected chi connectivity index (χ0v) is 13.4. The smallest absolute Gasteiger partial charge is 0.279 e. The van der Waals surface area contributed by atoms with E-state index >= 15 is 0 Å². The van der Waals surface area contributed by atoms with E-state index in [1.54, 1.807) is 7.11 Å². The Bertz CT molecular complexity index is 570. The summed E-state index contributed by atoms with van der Waals surface area (Å²) in [5.74, 6) is 1.95. The molecule has 0 bridgehead atoms. The van der Waals surface area contributed by atoms with Gasteiger partial charge in [-0.3, -0.25) is 9.59 Å². The highest BCUT2D eigenvalue weighted by Crippen LogP contribution is 2.30. The van der Waals surface area contributed by atoms with E-state index in [1.807, 2.05) is 17.0 Å². The number of nitrogens with zero attached hydrogens (tertiary/aromatic N) is 1. The number of ether oxygens (including phenoxy) is 1. The van der Waals surface area contributed by atoms with Crippen molar-refractivity contribution in [3.05, 3.63) is 29.8 Å². The van der Waals surface area contributed by atoms with E-state index < -0.39 is 0 Å². The summed E-state index contributed by atoms with van der Waals surface area (Å²) in [6, 6.07) is 7.82. The van der Waals surface area contributed by atoms with Crippen molar-refractivity contribution in [3.8, 4) is 5.75 Å². The van der Waals surface area contributed by atoms with Gasteiger partial charge in [-0.1, -0.05) is 23.9 Å². The third-order valence-corrected chi connectivity index (χ3v) is 5.22. The highest BCUT2D eigenvalue weighted by molar-refractivity contribution is 8.14. The highest BCUT2D eigenvalue weighted by Gasteiger charge is 2.33. The molecule has 0 radical (unpaired) electrons. The topological polar surface area (TPSA) is 58.6 Å². The lowest BCUT2D eigenvalue weighted by atomic mass is 9.89. The lowest BCUT2D eigenvalue weighted by molar-refractivity contribution is -0.133. The molecule has 2 heterocycles. The van der Waals surface area contributed by atoms with Gasteiger partial charge in [-0.25, -0.2) is 0 Å². The van der Waals surface area contributed by atoms with Gasteiger partial charge in [0.2, 0.25) is 5.91 Å². The van der Waals surface area contributed by atoms with Crippen molar-refractivity contribution in [1.29, 1.82) is 0 Å². The number of nitrogens with one attached hydrogen (secondary N) is 1. The second kappa shape index (κ2) is 6.60. The predicted octanol–water partition coefficient (Wildman–Crippen LogP) is 2.23. The van der Waals surface area contributed by atoms with E-state index in [-0.39, 0.29) is 17.2 Å². The van der Waals surface area contributed by atoms with Crippen LogP contribution in [0.5, 0.6) is 5.75 Å². The second-order valence-corrected chi connectivity index (χ2v) is 6.66. The van der Waals surface area contributed by atoms with Crippen LogP contribution in [0.3, 0.4) is 0 Å². The van der Waals surface area contributed by atoms with Crippen LogP contribution in [0.4, 0.5) is 4.79 Å². The van der Waals surface area contributed by atoms with Gasteiger partial charge in [-0.05, 0) is 36.5 Å². The second-order valence-electron chi connectivity index (χ2n) is 5.67. The van der Waals surface area contributed by atoms with Crippen LogP contribution in [0, 0.1) is 0 Å². The Labute approximate surface area is 134 Å². The molecule has 2 amide bonds. The summed E-state index contributed by atoms with van der Waals surface area (Å²) in [5.41, 5.74) is 1.27. The van der Waals surface area contributed by atoms with Gasteiger partial charge in [-0.15, -0.1) is 0 Å². The van der Waals surface area contributed by atoms with E-state index in [2.05, 4.69) is 17.4 Å². The van der Waals surface area contributed by atoms with Gasteiger partial charge in [-0.2, -0.15) is 0 Å². The van der Waals surface area contributed by atoms with E-state index in [4.69, 9.17) is 4.74 Å². The molecule has 2 aliphatic rings. The van der Waals surface area contributed by atoms with Gasteiger partial charge >= 0.3 is 0 Å². The van der Waals surface area contributed by atoms with Crippen molar-refractivity contribution in [3.63, 3.8) is 0 Å². The van der Waals surface area contributed by atoms with Gasteiger partial charge in [0.15, 0.2) is 0 Å². The fourth-order valence-corrected chi connectivity index (χ4v) is 3.84. The number of piperidine rings is 1. The number of carbonyl (C=O) groups is 2. The van der Waals surface area contributed by atoms with Crippen molar-refractivity contribution in [2.24, 2.45) is 0 Å². The van der Waals surface area contributed by atoms with Crippen LogP contribution in [-0.2, 0) is 4.79 Å². The zero-order valence-electron chi connectivity index (χ0n) is 12.6. The van der Waals surface area contributed by atoms with E-state index in [0.717, 1.165) is 31.7 Å². The predicted molar refractivity (Wildman–Crippen MR) is 86.3 cm³/mol. The number of thioether (sulfide) groups is 1. The molecular weight excluding hydrogens is 300 g/mol. The Morgan fingerprint density at radius 2 is 2.14 bits per heavy atom. The summed E-state index contributed by atoms with van der Waals surface area (Å²) in [6.45, 7) is 1.50. The lowest BCUT2D eigenvalue weighted by Crippen LogP contribution is -2.48. The van der Waals surface area contributed by atoms with Crippen LogP contribution < -0.4 is 10.1 Å². The Hall–Kier alpha value is -1.69. The molecule has 22 heavy (non-hydrogen) atoms. The van der Waals surface area contributed by atoms with Gasteiger partial charge in [0.1, 0.15) is 11.8 Å². The van der Waals surface area contributed by atoms with Crippen LogP contribution in [0.1, 0.15) is 24.3 Å². The minimum absolute atomic E-state index is 0.0578. The van der Waals surface area contributed by atoms with Crippen LogP contribution >= 0.6 is 11.8 Å². The number of carbonyl (C=O) groups excluding carboxylic acids is 2. The first-order chi connectivity index (χ1) is 10.7. The minimum Gasteiger partial charge on any atom is -0.497 e. The summed E-state index contributed by atoms with van der Waals surface area (Å²) < 4.78 is 5.28. The van der Waals surface area contributed by atoms with Crippen LogP contribution in [-0.4, -0.2) is 48.0 Å². The third kappa shape index (κ3) is 3.21. The maximum Gasteiger partial charge on any atom is 0.279 e. The van der Waals surface area contributed by atoms with Gasteiger partial charge in [0.25, 0.3) is 5.24 Å². The number of rotatable bonds is 3. The fourth-order valence-electron chi connectivity index (χ4n) is 3.07. The molecule has 1 unspecified atom stereocenters. The first-order valence-electron chi connectivity index (χ1n) is 7.53. The Morgan fingerprint density at radius 1 is 1.36 bits per heavy atom. The van der Waals surface area contributed by atoms with Crippen LogP contribution in [0.25, 0.3) is 0 Å². The Balaban J connectivity index is 1.58. The van der Waals surface area contributed by atoms with Crippen molar-refractivity contribution < 1.29 is 14.3 Å². The van der Waals surface area contributed by atoms with E-state index in [1.165, 1.54) is 17.3 Å². The lowest BCUT2D eigenvalue weighted by Gasteiger charge is -2.33. The fraction of sp³-hybridized carbons (Fsp3) is 0.500. The largest absolute Gasteiger partial charge is 0.497 e. The molecule has 2 aliphatic heterocycles. The Kier molecular flexibility index (Phi) is 4.57. The SMILES string of the molecule is COc1cccc(C2CCN(C(=O)C3CSC(=O)N3)CC2)c1. The third-order valence-electron chi connectivity index (χ3n) is 4.34. The molecule has 1 aromatic rings. The molecule has 0 aliphatic carbocycles. The van der Waals surface area contributed by atoms with Crippen LogP contribution in [0.15, 0.2) is 24.3 Å². The van der Waals surface area contributed by atoms with Gasteiger partial charge in [0, 0.05) is 18.8 Å². The molecular formula is C16H20N2O3S. The van der Waals surface area contributed by atoms with Gasteiger partial charge in [0.05, 0.1) is 7.11 Å². The average Bonchev–Trinajstić information content (AvgIpc) is 3.01. The monoisotopic (exact) mass is 320 g/mol. The molecule has 118 valence electrons. The summed E-state index contributed by atoms with van der Waals surface area (Å²) in [6.07, 6.45) is 1.90. The molecule has 5 nitrogen and oxygen atoms in total. The molecule has 6 heteroatoms. The van der Waals surface area contributed by atoms with E-state index in [0.29, 0.717) is 11.7 Å². The van der Waals surface area contributed by atoms with Crippen molar-refractivity contribution in [2.75, 3.05) is 26.0 Å². The molecule has 2 saturated heterocycles. The van der Waals surface area contributed by atoms with Crippen molar-refractivity contribution >= 4 is 22.9 Å². The average molecular weight is 320 g/mol. The molecule has 0 aromatic heterocycles. The van der Waals surface area contributed by atoms with Crippen LogP contribution in [0.2, 0.25) is 0 Å². The number of hydrogen-bond acceptors (Lipinski definition) is 4. The summed E-state index contributed by atoms with van der Waals surface area (Å²) in [5, 5.41) is 2.63. The summed E-state index contributed by atoms with van der Waals surface area (Å²) >= 11 is 1.19. The summed E-state index contributed by atoms with van der Waals surface area (Å²) in [7, 11) is 1.67. The highest BCUT2D eigenvalue weighted by atomic mass is 32.2. The molecule has 1 aromatic carbocycles. The molecule has 0 saturated carbocycles. The minimum atomic E-state index is -0.342. The zero-order chi connectivity index (χ0) is 15.5. The molecule has 3 rings (SSSR count). The molecule has 1 N–H and O–H groups in total. The van der Waals surface area contributed by atoms with Crippen molar-refractivity contribution in [1.82, 2.24) is 10.2 Å².